The number of benzene rings is 2. The first kappa shape index (κ1) is 13.8. The Morgan fingerprint density at radius 3 is 2.16 bits per heavy atom. The summed E-state index contributed by atoms with van der Waals surface area (Å²) >= 11 is 0. The normalized spacial score (nSPS) is 12.4. The molecule has 0 saturated heterocycles. The van der Waals surface area contributed by atoms with Gasteiger partial charge in [-0.2, -0.15) is 0 Å². The molecule has 2 aromatic rings. The minimum atomic E-state index is -0.342. The minimum Gasteiger partial charge on any atom is -0.388 e. The van der Waals surface area contributed by atoms with Crippen molar-refractivity contribution in [2.45, 2.75) is 39.2 Å². The molecule has 1 unspecified atom stereocenters. The molecule has 0 aliphatic heterocycles. The Morgan fingerprint density at radius 2 is 1.53 bits per heavy atom. The Balaban J connectivity index is 1.90. The third kappa shape index (κ3) is 3.68. The fraction of sp³-hybridized carbons (Fsp3) is 0.333. The molecule has 0 aliphatic carbocycles. The van der Waals surface area contributed by atoms with Crippen LogP contribution in [0.15, 0.2) is 48.5 Å². The van der Waals surface area contributed by atoms with Crippen LogP contribution in [0.25, 0.3) is 0 Å². The Labute approximate surface area is 115 Å². The Kier molecular flexibility index (Phi) is 4.75. The van der Waals surface area contributed by atoms with Gasteiger partial charge in [0.1, 0.15) is 0 Å². The van der Waals surface area contributed by atoms with E-state index < -0.39 is 0 Å². The van der Waals surface area contributed by atoms with Crippen LogP contribution in [0.5, 0.6) is 0 Å². The highest BCUT2D eigenvalue weighted by Gasteiger charge is 2.08. The van der Waals surface area contributed by atoms with Gasteiger partial charge in [-0.05, 0) is 55.4 Å². The maximum absolute atomic E-state index is 10.1. The summed E-state index contributed by atoms with van der Waals surface area (Å²) in [6.45, 7) is 4.33. The number of hydrogen-bond acceptors (Lipinski definition) is 1. The lowest BCUT2D eigenvalue weighted by Gasteiger charge is -2.13. The van der Waals surface area contributed by atoms with Crippen molar-refractivity contribution in [1.82, 2.24) is 0 Å². The van der Waals surface area contributed by atoms with E-state index in [4.69, 9.17) is 0 Å². The number of aliphatic hydroxyl groups is 1. The molecule has 2 rings (SSSR count). The molecule has 0 saturated carbocycles. The van der Waals surface area contributed by atoms with E-state index in [0.29, 0.717) is 0 Å². The molecule has 0 radical (unpaired) electrons. The summed E-state index contributed by atoms with van der Waals surface area (Å²) in [5.74, 6) is 0. The summed E-state index contributed by atoms with van der Waals surface area (Å²) in [5.41, 5.74) is 5.16. The fourth-order valence-corrected chi connectivity index (χ4v) is 2.56. The number of aliphatic hydroxyl groups excluding tert-OH is 1. The largest absolute Gasteiger partial charge is 0.388 e. The van der Waals surface area contributed by atoms with Gasteiger partial charge in [0.15, 0.2) is 0 Å². The van der Waals surface area contributed by atoms with Gasteiger partial charge in [0.05, 0.1) is 6.10 Å². The van der Waals surface area contributed by atoms with E-state index in [2.05, 4.69) is 32.0 Å². The number of rotatable bonds is 5. The average molecular weight is 254 g/mol. The molecular weight excluding hydrogens is 232 g/mol. The third-order valence-electron chi connectivity index (χ3n) is 3.73. The first-order valence-corrected chi connectivity index (χ1v) is 6.96. The zero-order valence-electron chi connectivity index (χ0n) is 11.8. The van der Waals surface area contributed by atoms with Gasteiger partial charge in [0, 0.05) is 0 Å². The maximum Gasteiger partial charge on any atom is 0.0790 e. The van der Waals surface area contributed by atoms with Crippen molar-refractivity contribution < 1.29 is 5.11 Å². The second kappa shape index (κ2) is 6.53. The van der Waals surface area contributed by atoms with Crippen LogP contribution in [0.2, 0.25) is 0 Å². The SMILES string of the molecule is Cc1cccc(C)c1CCCC(O)c1ccccc1. The molecule has 19 heavy (non-hydrogen) atoms. The first-order chi connectivity index (χ1) is 9.18. The molecule has 0 spiro atoms. The molecule has 1 nitrogen and oxygen atoms in total. The van der Waals surface area contributed by atoms with E-state index >= 15 is 0 Å². The number of aryl methyl sites for hydroxylation is 2. The van der Waals surface area contributed by atoms with E-state index in [1.165, 1.54) is 16.7 Å². The lowest BCUT2D eigenvalue weighted by atomic mass is 9.96. The third-order valence-corrected chi connectivity index (χ3v) is 3.73. The zero-order valence-corrected chi connectivity index (χ0v) is 11.8. The molecule has 1 N–H and O–H groups in total. The van der Waals surface area contributed by atoms with E-state index in [9.17, 15) is 5.11 Å². The first-order valence-electron chi connectivity index (χ1n) is 6.96. The summed E-state index contributed by atoms with van der Waals surface area (Å²) in [4.78, 5) is 0. The molecule has 1 atom stereocenters. The van der Waals surface area contributed by atoms with Crippen LogP contribution < -0.4 is 0 Å². The van der Waals surface area contributed by atoms with Crippen LogP contribution in [0.4, 0.5) is 0 Å². The van der Waals surface area contributed by atoms with Crippen LogP contribution in [0.1, 0.15) is 41.2 Å². The van der Waals surface area contributed by atoms with Crippen LogP contribution >= 0.6 is 0 Å². The standard InChI is InChI=1S/C18H22O/c1-14-8-6-9-15(2)17(14)12-7-13-18(19)16-10-4-3-5-11-16/h3-6,8-11,18-19H,7,12-13H2,1-2H3. The van der Waals surface area contributed by atoms with Crippen molar-refractivity contribution in [3.63, 3.8) is 0 Å². The van der Waals surface area contributed by atoms with Gasteiger partial charge in [0.25, 0.3) is 0 Å². The quantitative estimate of drug-likeness (QED) is 0.840. The zero-order chi connectivity index (χ0) is 13.7. The molecule has 0 fully saturated rings. The van der Waals surface area contributed by atoms with Crippen LogP contribution in [-0.2, 0) is 6.42 Å². The van der Waals surface area contributed by atoms with E-state index in [1.807, 2.05) is 30.3 Å². The van der Waals surface area contributed by atoms with Gasteiger partial charge in [0.2, 0.25) is 0 Å². The fourth-order valence-electron chi connectivity index (χ4n) is 2.56. The summed E-state index contributed by atoms with van der Waals surface area (Å²) < 4.78 is 0. The highest BCUT2D eigenvalue weighted by atomic mass is 16.3. The Morgan fingerprint density at radius 1 is 0.895 bits per heavy atom. The molecule has 0 amide bonds. The number of hydrogen-bond donors (Lipinski definition) is 1. The minimum absolute atomic E-state index is 0.342. The molecular formula is C18H22O. The van der Waals surface area contributed by atoms with Crippen molar-refractivity contribution in [3.05, 3.63) is 70.8 Å². The van der Waals surface area contributed by atoms with Gasteiger partial charge >= 0.3 is 0 Å². The molecule has 0 aromatic heterocycles. The van der Waals surface area contributed by atoms with E-state index in [1.54, 1.807) is 0 Å². The van der Waals surface area contributed by atoms with Gasteiger partial charge in [-0.1, -0.05) is 48.5 Å². The summed E-state index contributed by atoms with van der Waals surface area (Å²) in [6.07, 6.45) is 2.53. The maximum atomic E-state index is 10.1. The molecule has 0 heterocycles. The molecule has 2 aromatic carbocycles. The highest BCUT2D eigenvalue weighted by molar-refractivity contribution is 5.33. The Hall–Kier alpha value is -1.60. The van der Waals surface area contributed by atoms with Crippen LogP contribution in [-0.4, -0.2) is 5.11 Å². The molecule has 1 heteroatoms. The summed E-state index contributed by atoms with van der Waals surface area (Å²) in [7, 11) is 0. The van der Waals surface area contributed by atoms with E-state index in [0.717, 1.165) is 24.8 Å². The average Bonchev–Trinajstić information content (AvgIpc) is 2.43. The van der Waals surface area contributed by atoms with Crippen LogP contribution in [0, 0.1) is 13.8 Å². The van der Waals surface area contributed by atoms with Gasteiger partial charge in [-0.25, -0.2) is 0 Å². The van der Waals surface area contributed by atoms with Crippen molar-refractivity contribution in [3.8, 4) is 0 Å². The van der Waals surface area contributed by atoms with Crippen molar-refractivity contribution in [2.24, 2.45) is 0 Å². The highest BCUT2D eigenvalue weighted by Crippen LogP contribution is 2.21. The Bertz CT molecular complexity index is 496. The van der Waals surface area contributed by atoms with Crippen molar-refractivity contribution in [2.75, 3.05) is 0 Å². The molecule has 100 valence electrons. The topological polar surface area (TPSA) is 20.2 Å². The smallest absolute Gasteiger partial charge is 0.0790 e. The second-order valence-corrected chi connectivity index (χ2v) is 5.19. The van der Waals surface area contributed by atoms with Gasteiger partial charge in [-0.15, -0.1) is 0 Å². The molecule has 0 bridgehead atoms. The monoisotopic (exact) mass is 254 g/mol. The van der Waals surface area contributed by atoms with Gasteiger partial charge < -0.3 is 5.11 Å². The van der Waals surface area contributed by atoms with E-state index in [-0.39, 0.29) is 6.10 Å². The predicted octanol–water partition coefficient (Wildman–Crippen LogP) is 4.36. The lowest BCUT2D eigenvalue weighted by Crippen LogP contribution is -2.00. The second-order valence-electron chi connectivity index (χ2n) is 5.19. The summed E-state index contributed by atoms with van der Waals surface area (Å²) in [5, 5.41) is 10.1. The lowest BCUT2D eigenvalue weighted by molar-refractivity contribution is 0.164. The van der Waals surface area contributed by atoms with Crippen LogP contribution in [0.3, 0.4) is 0 Å². The van der Waals surface area contributed by atoms with Gasteiger partial charge in [-0.3, -0.25) is 0 Å². The predicted molar refractivity (Wildman–Crippen MR) is 80.3 cm³/mol. The summed E-state index contributed by atoms with van der Waals surface area (Å²) in [6, 6.07) is 16.3. The van der Waals surface area contributed by atoms with Crippen molar-refractivity contribution >= 4 is 0 Å². The molecule has 0 aliphatic rings. The van der Waals surface area contributed by atoms with Crippen molar-refractivity contribution in [1.29, 1.82) is 0 Å².